The number of hydrogen-bond acceptors (Lipinski definition) is 1. The Hall–Kier alpha value is -0.460. The summed E-state index contributed by atoms with van der Waals surface area (Å²) in [5, 5.41) is 9.76. The van der Waals surface area contributed by atoms with Crippen molar-refractivity contribution in [2.75, 3.05) is 0 Å². The highest BCUT2D eigenvalue weighted by Crippen LogP contribution is 2.12. The van der Waals surface area contributed by atoms with Crippen molar-refractivity contribution < 1.29 is 5.11 Å². The zero-order chi connectivity index (χ0) is 5.91. The van der Waals surface area contributed by atoms with Crippen LogP contribution in [0.1, 0.15) is 20.8 Å². The normalized spacial score (nSPS) is 13.0. The van der Waals surface area contributed by atoms with E-state index in [1.54, 1.807) is 6.08 Å². The summed E-state index contributed by atoms with van der Waals surface area (Å²) in [4.78, 5) is 0. The molecule has 0 atom stereocenters. The van der Waals surface area contributed by atoms with Crippen LogP contribution in [0.5, 0.6) is 0 Å². The van der Waals surface area contributed by atoms with Crippen molar-refractivity contribution in [3.05, 3.63) is 12.3 Å². The lowest BCUT2D eigenvalue weighted by atomic mass is 9.98. The third kappa shape index (κ3) is 5.54. The maximum Gasteiger partial charge on any atom is -0.0212 e. The van der Waals surface area contributed by atoms with E-state index < -0.39 is 0 Å². The Morgan fingerprint density at radius 1 is 1.29 bits per heavy atom. The van der Waals surface area contributed by atoms with Crippen LogP contribution in [0.2, 0.25) is 0 Å². The Balaban J connectivity index is 3.56. The molecule has 0 saturated heterocycles. The van der Waals surface area contributed by atoms with E-state index in [1.807, 2.05) is 20.8 Å². The van der Waals surface area contributed by atoms with Gasteiger partial charge in [-0.15, -0.1) is 0 Å². The SMILES string of the molecule is CC(C)(C)/C=C/[O-]. The van der Waals surface area contributed by atoms with Gasteiger partial charge in [-0.1, -0.05) is 26.8 Å². The van der Waals surface area contributed by atoms with Crippen molar-refractivity contribution in [2.24, 2.45) is 5.41 Å². The van der Waals surface area contributed by atoms with E-state index in [9.17, 15) is 5.11 Å². The quantitative estimate of drug-likeness (QED) is 0.414. The fourth-order valence-corrected chi connectivity index (χ4v) is 0.204. The summed E-state index contributed by atoms with van der Waals surface area (Å²) in [5.41, 5.74) is 0.0573. The van der Waals surface area contributed by atoms with Gasteiger partial charge in [0.2, 0.25) is 0 Å². The second-order valence-electron chi connectivity index (χ2n) is 2.67. The molecule has 0 aliphatic carbocycles. The second kappa shape index (κ2) is 2.01. The van der Waals surface area contributed by atoms with Gasteiger partial charge in [0.25, 0.3) is 0 Å². The molecule has 0 radical (unpaired) electrons. The molecule has 42 valence electrons. The van der Waals surface area contributed by atoms with Crippen molar-refractivity contribution in [1.29, 1.82) is 0 Å². The van der Waals surface area contributed by atoms with Crippen LogP contribution in [0, 0.1) is 5.41 Å². The van der Waals surface area contributed by atoms with Crippen LogP contribution in [-0.4, -0.2) is 0 Å². The molecule has 1 nitrogen and oxygen atoms in total. The largest absolute Gasteiger partial charge is 0.878 e. The molecule has 0 rings (SSSR count). The predicted molar refractivity (Wildman–Crippen MR) is 28.6 cm³/mol. The van der Waals surface area contributed by atoms with E-state index in [0.717, 1.165) is 6.26 Å². The molecule has 0 aliphatic rings. The first-order chi connectivity index (χ1) is 3.06. The Morgan fingerprint density at radius 3 is 1.71 bits per heavy atom. The zero-order valence-electron chi connectivity index (χ0n) is 5.06. The first-order valence-corrected chi connectivity index (χ1v) is 2.36. The molecule has 0 bridgehead atoms. The molecule has 0 aliphatic heterocycles. The zero-order valence-corrected chi connectivity index (χ0v) is 5.06. The second-order valence-corrected chi connectivity index (χ2v) is 2.67. The lowest BCUT2D eigenvalue weighted by molar-refractivity contribution is -0.275. The van der Waals surface area contributed by atoms with E-state index in [0.29, 0.717) is 0 Å². The summed E-state index contributed by atoms with van der Waals surface area (Å²) >= 11 is 0. The van der Waals surface area contributed by atoms with E-state index in [4.69, 9.17) is 0 Å². The van der Waals surface area contributed by atoms with Crippen molar-refractivity contribution in [2.45, 2.75) is 20.8 Å². The van der Waals surface area contributed by atoms with Crippen LogP contribution in [-0.2, 0) is 0 Å². The van der Waals surface area contributed by atoms with E-state index in [2.05, 4.69) is 0 Å². The van der Waals surface area contributed by atoms with Gasteiger partial charge in [-0.05, 0) is 5.41 Å². The van der Waals surface area contributed by atoms with Crippen LogP contribution in [0.15, 0.2) is 12.3 Å². The molecule has 0 N–H and O–H groups in total. The van der Waals surface area contributed by atoms with Gasteiger partial charge in [-0.3, -0.25) is 0 Å². The lowest BCUT2D eigenvalue weighted by Gasteiger charge is -2.11. The maximum absolute atomic E-state index is 9.76. The topological polar surface area (TPSA) is 23.1 Å². The molecular weight excluding hydrogens is 88.1 g/mol. The fraction of sp³-hybridized carbons (Fsp3) is 0.667. The predicted octanol–water partition coefficient (Wildman–Crippen LogP) is 0.906. The smallest absolute Gasteiger partial charge is 0.0212 e. The molecule has 0 saturated carbocycles. The van der Waals surface area contributed by atoms with Gasteiger partial charge in [0.05, 0.1) is 0 Å². The minimum atomic E-state index is 0.0573. The highest BCUT2D eigenvalue weighted by Gasteiger charge is 2.00. The molecule has 0 heterocycles. The molecular formula is C6H11O-. The highest BCUT2D eigenvalue weighted by molar-refractivity contribution is 4.85. The van der Waals surface area contributed by atoms with Crippen LogP contribution >= 0.6 is 0 Å². The van der Waals surface area contributed by atoms with Gasteiger partial charge >= 0.3 is 0 Å². The molecule has 7 heavy (non-hydrogen) atoms. The third-order valence-corrected chi connectivity index (χ3v) is 0.568. The van der Waals surface area contributed by atoms with Crippen molar-refractivity contribution in [1.82, 2.24) is 0 Å². The first-order valence-electron chi connectivity index (χ1n) is 2.36. The molecule has 0 spiro atoms. The Morgan fingerprint density at radius 2 is 1.71 bits per heavy atom. The summed E-state index contributed by atoms with van der Waals surface area (Å²) in [6, 6.07) is 0. The van der Waals surface area contributed by atoms with E-state index in [-0.39, 0.29) is 5.41 Å². The number of allylic oxidation sites excluding steroid dienone is 1. The van der Waals surface area contributed by atoms with Crippen LogP contribution in [0.4, 0.5) is 0 Å². The van der Waals surface area contributed by atoms with Crippen LogP contribution in [0.25, 0.3) is 0 Å². The summed E-state index contributed by atoms with van der Waals surface area (Å²) < 4.78 is 0. The van der Waals surface area contributed by atoms with Gasteiger partial charge in [-0.2, -0.15) is 6.26 Å². The maximum atomic E-state index is 9.76. The fourth-order valence-electron chi connectivity index (χ4n) is 0.204. The summed E-state index contributed by atoms with van der Waals surface area (Å²) in [6.45, 7) is 5.96. The van der Waals surface area contributed by atoms with Gasteiger partial charge in [-0.25, -0.2) is 0 Å². The Bertz CT molecular complexity index is 66.7. The monoisotopic (exact) mass is 99.1 g/mol. The summed E-state index contributed by atoms with van der Waals surface area (Å²) in [5.74, 6) is 0. The standard InChI is InChI=1S/C6H12O/c1-6(2,3)4-5-7/h4-5,7H,1-3H3/p-1/b5-4+. The average molecular weight is 99.2 g/mol. The van der Waals surface area contributed by atoms with E-state index >= 15 is 0 Å². The van der Waals surface area contributed by atoms with Crippen LogP contribution < -0.4 is 5.11 Å². The van der Waals surface area contributed by atoms with Gasteiger partial charge < -0.3 is 5.11 Å². The first kappa shape index (κ1) is 6.54. The van der Waals surface area contributed by atoms with E-state index in [1.165, 1.54) is 0 Å². The molecule has 1 heteroatoms. The number of hydrogen-bond donors (Lipinski definition) is 0. The molecule has 0 aromatic heterocycles. The lowest BCUT2D eigenvalue weighted by Crippen LogP contribution is -2.01. The molecule has 0 aromatic rings. The van der Waals surface area contributed by atoms with Crippen molar-refractivity contribution in [3.63, 3.8) is 0 Å². The third-order valence-electron chi connectivity index (χ3n) is 0.568. The van der Waals surface area contributed by atoms with Crippen molar-refractivity contribution in [3.8, 4) is 0 Å². The van der Waals surface area contributed by atoms with Crippen LogP contribution in [0.3, 0.4) is 0 Å². The average Bonchev–Trinajstić information content (AvgIpc) is 1.30. The van der Waals surface area contributed by atoms with Gasteiger partial charge in [0, 0.05) is 0 Å². The highest BCUT2D eigenvalue weighted by atomic mass is 16.2. The minimum Gasteiger partial charge on any atom is -0.878 e. The summed E-state index contributed by atoms with van der Waals surface area (Å²) in [7, 11) is 0. The van der Waals surface area contributed by atoms with Gasteiger partial charge in [0.15, 0.2) is 0 Å². The van der Waals surface area contributed by atoms with Gasteiger partial charge in [0.1, 0.15) is 0 Å². The Kier molecular flexibility index (Phi) is 1.88. The summed E-state index contributed by atoms with van der Waals surface area (Å²) in [6.07, 6.45) is 2.47. The molecule has 0 unspecified atom stereocenters. The van der Waals surface area contributed by atoms with Crippen molar-refractivity contribution >= 4 is 0 Å². The molecule has 0 fully saturated rings. The number of rotatable bonds is 0. The minimum absolute atomic E-state index is 0.0573. The Labute approximate surface area is 44.7 Å². The molecule has 0 amide bonds. The molecule has 0 aromatic carbocycles.